The van der Waals surface area contributed by atoms with Gasteiger partial charge in [-0.25, -0.2) is 4.39 Å². The summed E-state index contributed by atoms with van der Waals surface area (Å²) in [6, 6.07) is 12.8. The Morgan fingerprint density at radius 3 is 2.76 bits per heavy atom. The zero-order valence-electron chi connectivity index (χ0n) is 13.6. The van der Waals surface area contributed by atoms with Gasteiger partial charge in [0, 0.05) is 18.1 Å². The van der Waals surface area contributed by atoms with E-state index in [1.807, 2.05) is 0 Å². The molecule has 0 spiro atoms. The second kappa shape index (κ2) is 6.98. The first-order chi connectivity index (χ1) is 12.0. The summed E-state index contributed by atoms with van der Waals surface area (Å²) in [7, 11) is 0. The molecule has 0 saturated carbocycles. The fraction of sp³-hybridized carbons (Fsp3) is 0.278. The Balaban J connectivity index is 1.63. The van der Waals surface area contributed by atoms with E-state index in [1.165, 1.54) is 12.1 Å². The van der Waals surface area contributed by atoms with Crippen molar-refractivity contribution in [1.29, 1.82) is 0 Å². The average molecular weight is 344 g/mol. The van der Waals surface area contributed by atoms with E-state index < -0.39 is 10.5 Å². The lowest BCUT2D eigenvalue weighted by molar-refractivity contribution is -0.385. The molecule has 25 heavy (non-hydrogen) atoms. The lowest BCUT2D eigenvalue weighted by atomic mass is 9.96. The fourth-order valence-electron chi connectivity index (χ4n) is 2.68. The van der Waals surface area contributed by atoms with E-state index in [4.69, 9.17) is 9.57 Å². The number of para-hydroxylation sites is 1. The van der Waals surface area contributed by atoms with Crippen molar-refractivity contribution in [2.45, 2.75) is 25.6 Å². The average Bonchev–Trinajstić information content (AvgIpc) is 2.99. The lowest BCUT2D eigenvalue weighted by Crippen LogP contribution is -2.31. The molecule has 2 aromatic carbocycles. The third kappa shape index (κ3) is 3.83. The monoisotopic (exact) mass is 344 g/mol. The number of halogens is 1. The molecule has 7 heteroatoms. The highest BCUT2D eigenvalue weighted by atomic mass is 19.1. The summed E-state index contributed by atoms with van der Waals surface area (Å²) < 4.78 is 19.2. The van der Waals surface area contributed by atoms with Gasteiger partial charge in [-0.3, -0.25) is 10.1 Å². The van der Waals surface area contributed by atoms with Crippen LogP contribution in [0, 0.1) is 15.9 Å². The predicted octanol–water partition coefficient (Wildman–Crippen LogP) is 3.83. The Labute approximate surface area is 144 Å². The summed E-state index contributed by atoms with van der Waals surface area (Å²) in [5.41, 5.74) is 0.643. The van der Waals surface area contributed by atoms with E-state index >= 15 is 0 Å². The molecule has 0 N–H and O–H groups in total. The second-order valence-corrected chi connectivity index (χ2v) is 6.11. The SMILES string of the molecule is CC1(COCc2ccccc2F)CC(c2ccccc2[N+](=O)[O-])=NO1. The van der Waals surface area contributed by atoms with Gasteiger partial charge in [-0.15, -0.1) is 0 Å². The zero-order valence-corrected chi connectivity index (χ0v) is 13.6. The van der Waals surface area contributed by atoms with Gasteiger partial charge >= 0.3 is 0 Å². The van der Waals surface area contributed by atoms with Gasteiger partial charge in [0.05, 0.1) is 29.4 Å². The van der Waals surface area contributed by atoms with Gasteiger partial charge < -0.3 is 9.57 Å². The van der Waals surface area contributed by atoms with Gasteiger partial charge in [0.2, 0.25) is 0 Å². The van der Waals surface area contributed by atoms with Crippen LogP contribution in [-0.2, 0) is 16.2 Å². The summed E-state index contributed by atoms with van der Waals surface area (Å²) in [6.45, 7) is 2.11. The maximum absolute atomic E-state index is 13.6. The zero-order chi connectivity index (χ0) is 17.9. The van der Waals surface area contributed by atoms with Crippen LogP contribution in [0.5, 0.6) is 0 Å². The minimum absolute atomic E-state index is 0.0126. The number of benzene rings is 2. The first-order valence-electron chi connectivity index (χ1n) is 7.78. The van der Waals surface area contributed by atoms with Crippen molar-refractivity contribution < 1.29 is 18.9 Å². The fourth-order valence-corrected chi connectivity index (χ4v) is 2.68. The van der Waals surface area contributed by atoms with Crippen molar-refractivity contribution >= 4 is 11.4 Å². The Morgan fingerprint density at radius 1 is 1.28 bits per heavy atom. The molecule has 0 aliphatic carbocycles. The van der Waals surface area contributed by atoms with E-state index in [0.717, 1.165) is 0 Å². The van der Waals surface area contributed by atoms with Crippen molar-refractivity contribution in [3.63, 3.8) is 0 Å². The molecule has 1 heterocycles. The number of oxime groups is 1. The van der Waals surface area contributed by atoms with E-state index in [9.17, 15) is 14.5 Å². The standard InChI is InChI=1S/C18H17FN2O4/c1-18(12-24-11-13-6-2-4-8-15(13)19)10-16(20-25-18)14-7-3-5-9-17(14)21(22)23/h2-9H,10-12H2,1H3. The number of rotatable bonds is 6. The molecule has 1 atom stereocenters. The molecular weight excluding hydrogens is 327 g/mol. The van der Waals surface area contributed by atoms with Crippen molar-refractivity contribution in [2.24, 2.45) is 5.16 Å². The van der Waals surface area contributed by atoms with Crippen molar-refractivity contribution in [2.75, 3.05) is 6.61 Å². The van der Waals surface area contributed by atoms with Crippen LogP contribution in [0.15, 0.2) is 53.7 Å². The van der Waals surface area contributed by atoms with Gasteiger partial charge in [0.25, 0.3) is 5.69 Å². The summed E-state index contributed by atoms with van der Waals surface area (Å²) in [5, 5.41) is 15.2. The van der Waals surface area contributed by atoms with Gasteiger partial charge in [-0.05, 0) is 19.1 Å². The maximum Gasteiger partial charge on any atom is 0.278 e. The summed E-state index contributed by atoms with van der Waals surface area (Å²) in [4.78, 5) is 16.2. The smallest absolute Gasteiger partial charge is 0.278 e. The van der Waals surface area contributed by atoms with Crippen LogP contribution in [0.4, 0.5) is 10.1 Å². The highest BCUT2D eigenvalue weighted by molar-refractivity contribution is 6.04. The van der Waals surface area contributed by atoms with Gasteiger partial charge in [0.15, 0.2) is 5.60 Å². The van der Waals surface area contributed by atoms with Crippen molar-refractivity contribution in [1.82, 2.24) is 0 Å². The normalized spacial score (nSPS) is 19.4. The molecule has 0 saturated heterocycles. The Kier molecular flexibility index (Phi) is 4.76. The Bertz CT molecular complexity index is 824. The molecule has 0 aromatic heterocycles. The first kappa shape index (κ1) is 17.0. The quantitative estimate of drug-likeness (QED) is 0.589. The van der Waals surface area contributed by atoms with E-state index in [0.29, 0.717) is 23.3 Å². The summed E-state index contributed by atoms with van der Waals surface area (Å²) >= 11 is 0. The number of ether oxygens (including phenoxy) is 1. The topological polar surface area (TPSA) is 74.0 Å². The van der Waals surface area contributed by atoms with Gasteiger partial charge in [0.1, 0.15) is 5.82 Å². The molecule has 1 aliphatic rings. The Hall–Kier alpha value is -2.80. The highest BCUT2D eigenvalue weighted by Gasteiger charge is 2.37. The molecular formula is C18H17FN2O4. The van der Waals surface area contributed by atoms with Gasteiger partial charge in [-0.2, -0.15) is 0 Å². The van der Waals surface area contributed by atoms with Crippen molar-refractivity contribution in [3.8, 4) is 0 Å². The third-order valence-corrected chi connectivity index (χ3v) is 3.95. The predicted molar refractivity (Wildman–Crippen MR) is 89.8 cm³/mol. The summed E-state index contributed by atoms with van der Waals surface area (Å²) in [5.74, 6) is -0.322. The molecule has 0 amide bonds. The van der Waals surface area contributed by atoms with Crippen LogP contribution in [0.25, 0.3) is 0 Å². The van der Waals surface area contributed by atoms with Crippen molar-refractivity contribution in [3.05, 3.63) is 75.6 Å². The molecule has 3 rings (SSSR count). The van der Waals surface area contributed by atoms with Crippen LogP contribution < -0.4 is 0 Å². The largest absolute Gasteiger partial charge is 0.386 e. The van der Waals surface area contributed by atoms with E-state index in [2.05, 4.69) is 5.16 Å². The number of nitro benzene ring substituents is 1. The van der Waals surface area contributed by atoms with Crippen LogP contribution in [0.3, 0.4) is 0 Å². The maximum atomic E-state index is 13.6. The first-order valence-corrected chi connectivity index (χ1v) is 7.78. The Morgan fingerprint density at radius 2 is 2.00 bits per heavy atom. The lowest BCUT2D eigenvalue weighted by Gasteiger charge is -2.21. The number of hydrogen-bond acceptors (Lipinski definition) is 5. The van der Waals surface area contributed by atoms with Crippen LogP contribution in [0.1, 0.15) is 24.5 Å². The number of nitro groups is 1. The number of nitrogens with zero attached hydrogens (tertiary/aromatic N) is 2. The minimum atomic E-state index is -0.746. The molecule has 1 unspecified atom stereocenters. The third-order valence-electron chi connectivity index (χ3n) is 3.95. The minimum Gasteiger partial charge on any atom is -0.386 e. The molecule has 0 radical (unpaired) electrons. The molecule has 0 fully saturated rings. The second-order valence-electron chi connectivity index (χ2n) is 6.11. The highest BCUT2D eigenvalue weighted by Crippen LogP contribution is 2.30. The summed E-state index contributed by atoms with van der Waals surface area (Å²) in [6.07, 6.45) is 0.370. The van der Waals surface area contributed by atoms with E-state index in [1.54, 1.807) is 43.3 Å². The number of hydrogen-bond donors (Lipinski definition) is 0. The van der Waals surface area contributed by atoms with Crippen LogP contribution >= 0.6 is 0 Å². The molecule has 2 aromatic rings. The molecule has 1 aliphatic heterocycles. The van der Waals surface area contributed by atoms with Crippen LogP contribution in [0.2, 0.25) is 0 Å². The van der Waals surface area contributed by atoms with Gasteiger partial charge in [-0.1, -0.05) is 35.5 Å². The molecule has 6 nitrogen and oxygen atoms in total. The molecule has 0 bridgehead atoms. The molecule has 130 valence electrons. The van der Waals surface area contributed by atoms with E-state index in [-0.39, 0.29) is 24.7 Å². The van der Waals surface area contributed by atoms with Crippen LogP contribution in [-0.4, -0.2) is 22.8 Å².